The largest absolute Gasteiger partial charge is 0.504 e. The Hall–Kier alpha value is -1.98. The molecule has 4 nitrogen and oxygen atoms in total. The summed E-state index contributed by atoms with van der Waals surface area (Å²) in [7, 11) is 0. The van der Waals surface area contributed by atoms with Crippen LogP contribution in [0.15, 0.2) is 12.1 Å². The molecule has 0 unspecified atom stereocenters. The van der Waals surface area contributed by atoms with Gasteiger partial charge in [0.15, 0.2) is 11.6 Å². The van der Waals surface area contributed by atoms with Crippen molar-refractivity contribution in [1.82, 2.24) is 0 Å². The van der Waals surface area contributed by atoms with Crippen LogP contribution in [0.3, 0.4) is 0 Å². The molecule has 0 radical (unpaired) electrons. The first-order chi connectivity index (χ1) is 7.49. The SMILES string of the molecule is CCOC(=O)C(=O)c1c(F)ccc(F)c1O. The lowest BCUT2D eigenvalue weighted by Gasteiger charge is -2.05. The van der Waals surface area contributed by atoms with Crippen LogP contribution in [0.5, 0.6) is 5.75 Å². The first kappa shape index (κ1) is 12.1. The van der Waals surface area contributed by atoms with Crippen LogP contribution in [0.1, 0.15) is 17.3 Å². The van der Waals surface area contributed by atoms with Crippen LogP contribution >= 0.6 is 0 Å². The lowest BCUT2D eigenvalue weighted by Crippen LogP contribution is -2.19. The van der Waals surface area contributed by atoms with Gasteiger partial charge in [-0.05, 0) is 19.1 Å². The maximum atomic E-state index is 13.1. The summed E-state index contributed by atoms with van der Waals surface area (Å²) < 4.78 is 30.3. The third-order valence-electron chi connectivity index (χ3n) is 1.77. The Bertz CT molecular complexity index is 443. The molecule has 1 aromatic carbocycles. The molecule has 0 aliphatic heterocycles. The number of ether oxygens (including phenoxy) is 1. The monoisotopic (exact) mass is 230 g/mol. The van der Waals surface area contributed by atoms with Gasteiger partial charge in [-0.3, -0.25) is 4.79 Å². The second-order valence-corrected chi connectivity index (χ2v) is 2.80. The molecule has 16 heavy (non-hydrogen) atoms. The number of Topliss-reactive ketones (excluding diaryl/α,β-unsaturated/α-hetero) is 1. The topological polar surface area (TPSA) is 63.6 Å². The summed E-state index contributed by atoms with van der Waals surface area (Å²) >= 11 is 0. The number of benzene rings is 1. The van der Waals surface area contributed by atoms with Gasteiger partial charge in [0, 0.05) is 0 Å². The Morgan fingerprint density at radius 1 is 1.31 bits per heavy atom. The molecule has 0 atom stereocenters. The number of carbonyl (C=O) groups excluding carboxylic acids is 2. The fourth-order valence-electron chi connectivity index (χ4n) is 1.06. The minimum absolute atomic E-state index is 0.0811. The van der Waals surface area contributed by atoms with Crippen molar-refractivity contribution in [2.45, 2.75) is 6.92 Å². The second-order valence-electron chi connectivity index (χ2n) is 2.80. The average Bonchev–Trinajstić information content (AvgIpc) is 2.24. The van der Waals surface area contributed by atoms with Crippen LogP contribution in [-0.2, 0) is 9.53 Å². The Balaban J connectivity index is 3.18. The molecule has 0 heterocycles. The molecule has 1 rings (SSSR count). The van der Waals surface area contributed by atoms with E-state index in [4.69, 9.17) is 5.11 Å². The Morgan fingerprint density at radius 2 is 1.88 bits per heavy atom. The number of carbonyl (C=O) groups is 2. The zero-order chi connectivity index (χ0) is 12.3. The van der Waals surface area contributed by atoms with Crippen molar-refractivity contribution in [2.75, 3.05) is 6.61 Å². The van der Waals surface area contributed by atoms with Crippen LogP contribution in [0.25, 0.3) is 0 Å². The highest BCUT2D eigenvalue weighted by molar-refractivity contribution is 6.41. The van der Waals surface area contributed by atoms with Gasteiger partial charge in [-0.25, -0.2) is 13.6 Å². The molecule has 1 aromatic rings. The van der Waals surface area contributed by atoms with E-state index < -0.39 is 34.7 Å². The van der Waals surface area contributed by atoms with Crippen LogP contribution in [-0.4, -0.2) is 23.5 Å². The summed E-state index contributed by atoms with van der Waals surface area (Å²) in [5, 5.41) is 9.12. The highest BCUT2D eigenvalue weighted by atomic mass is 19.1. The van der Waals surface area contributed by atoms with Crippen molar-refractivity contribution < 1.29 is 28.2 Å². The molecule has 0 amide bonds. The Kier molecular flexibility index (Phi) is 3.55. The van der Waals surface area contributed by atoms with Gasteiger partial charge in [0.1, 0.15) is 11.4 Å². The van der Waals surface area contributed by atoms with Gasteiger partial charge in [-0.15, -0.1) is 0 Å². The van der Waals surface area contributed by atoms with Crippen LogP contribution < -0.4 is 0 Å². The van der Waals surface area contributed by atoms with Crippen molar-refractivity contribution in [3.05, 3.63) is 29.3 Å². The highest BCUT2D eigenvalue weighted by Gasteiger charge is 2.26. The number of rotatable bonds is 3. The maximum Gasteiger partial charge on any atom is 0.379 e. The zero-order valence-electron chi connectivity index (χ0n) is 8.29. The van der Waals surface area contributed by atoms with E-state index in [0.717, 1.165) is 0 Å². The average molecular weight is 230 g/mol. The third kappa shape index (κ3) is 2.16. The third-order valence-corrected chi connectivity index (χ3v) is 1.77. The molecule has 0 aliphatic carbocycles. The summed E-state index contributed by atoms with van der Waals surface area (Å²) in [4.78, 5) is 22.3. The molecule has 0 bridgehead atoms. The normalized spacial score (nSPS) is 9.94. The van der Waals surface area contributed by atoms with E-state index >= 15 is 0 Å². The molecule has 6 heteroatoms. The number of hydrogen-bond donors (Lipinski definition) is 1. The fourth-order valence-corrected chi connectivity index (χ4v) is 1.06. The van der Waals surface area contributed by atoms with Crippen LogP contribution in [0.4, 0.5) is 8.78 Å². The molecular weight excluding hydrogens is 222 g/mol. The minimum atomic E-state index is -1.42. The summed E-state index contributed by atoms with van der Waals surface area (Å²) in [5.74, 6) is -6.33. The molecule has 1 N–H and O–H groups in total. The molecule has 0 aliphatic rings. The smallest absolute Gasteiger partial charge is 0.379 e. The number of ketones is 1. The number of halogens is 2. The molecule has 86 valence electrons. The standard InChI is InChI=1S/C10H8F2O4/c1-2-16-10(15)9(14)7-5(11)3-4-6(12)8(7)13/h3-4,13H,2H2,1H3. The van der Waals surface area contributed by atoms with E-state index in [0.29, 0.717) is 12.1 Å². The molecular formula is C10H8F2O4. The number of esters is 1. The van der Waals surface area contributed by atoms with Gasteiger partial charge in [0.25, 0.3) is 5.78 Å². The molecule has 0 aromatic heterocycles. The predicted octanol–water partition coefficient (Wildman–Crippen LogP) is 1.42. The van der Waals surface area contributed by atoms with E-state index in [9.17, 15) is 18.4 Å². The Morgan fingerprint density at radius 3 is 2.44 bits per heavy atom. The molecule has 0 saturated heterocycles. The van der Waals surface area contributed by atoms with Crippen LogP contribution in [0.2, 0.25) is 0 Å². The van der Waals surface area contributed by atoms with Crippen LogP contribution in [0, 0.1) is 11.6 Å². The van der Waals surface area contributed by atoms with Crippen molar-refractivity contribution in [1.29, 1.82) is 0 Å². The van der Waals surface area contributed by atoms with Gasteiger partial charge in [0.05, 0.1) is 6.61 Å². The summed E-state index contributed by atoms with van der Waals surface area (Å²) in [6.45, 7) is 1.37. The number of hydrogen-bond acceptors (Lipinski definition) is 4. The van der Waals surface area contributed by atoms with Gasteiger partial charge < -0.3 is 9.84 Å². The van der Waals surface area contributed by atoms with Gasteiger partial charge in [-0.2, -0.15) is 0 Å². The zero-order valence-corrected chi connectivity index (χ0v) is 8.29. The maximum absolute atomic E-state index is 13.1. The Labute approximate surface area is 89.5 Å². The van der Waals surface area contributed by atoms with Crippen molar-refractivity contribution in [2.24, 2.45) is 0 Å². The van der Waals surface area contributed by atoms with Crippen molar-refractivity contribution in [3.63, 3.8) is 0 Å². The minimum Gasteiger partial charge on any atom is -0.504 e. The predicted molar refractivity (Wildman–Crippen MR) is 49.0 cm³/mol. The summed E-state index contributed by atoms with van der Waals surface area (Å²) in [5.41, 5.74) is -1.02. The van der Waals surface area contributed by atoms with Crippen molar-refractivity contribution >= 4 is 11.8 Å². The molecule has 0 fully saturated rings. The second kappa shape index (κ2) is 4.69. The van der Waals surface area contributed by atoms with Gasteiger partial charge in [-0.1, -0.05) is 0 Å². The first-order valence-corrected chi connectivity index (χ1v) is 4.37. The van der Waals surface area contributed by atoms with E-state index in [1.54, 1.807) is 0 Å². The molecule has 0 spiro atoms. The lowest BCUT2D eigenvalue weighted by atomic mass is 10.1. The van der Waals surface area contributed by atoms with Crippen molar-refractivity contribution in [3.8, 4) is 5.75 Å². The summed E-state index contributed by atoms with van der Waals surface area (Å²) in [6.07, 6.45) is 0. The molecule has 0 saturated carbocycles. The quantitative estimate of drug-likeness (QED) is 0.484. The van der Waals surface area contributed by atoms with E-state index in [1.165, 1.54) is 6.92 Å². The highest BCUT2D eigenvalue weighted by Crippen LogP contribution is 2.24. The van der Waals surface area contributed by atoms with Gasteiger partial charge in [0.2, 0.25) is 0 Å². The fraction of sp³-hybridized carbons (Fsp3) is 0.200. The number of phenols is 1. The number of phenolic OH excluding ortho intramolecular Hbond substituents is 1. The number of aromatic hydroxyl groups is 1. The van der Waals surface area contributed by atoms with Gasteiger partial charge >= 0.3 is 5.97 Å². The van der Waals surface area contributed by atoms with E-state index in [1.807, 2.05) is 0 Å². The van der Waals surface area contributed by atoms with E-state index in [2.05, 4.69) is 4.74 Å². The first-order valence-electron chi connectivity index (χ1n) is 4.37. The summed E-state index contributed by atoms with van der Waals surface area (Å²) in [6, 6.07) is 1.29. The van der Waals surface area contributed by atoms with E-state index in [-0.39, 0.29) is 6.61 Å². The lowest BCUT2D eigenvalue weighted by molar-refractivity contribution is -0.137.